The van der Waals surface area contributed by atoms with Gasteiger partial charge in [0, 0.05) is 44.1 Å². The topological polar surface area (TPSA) is 189 Å². The van der Waals surface area contributed by atoms with E-state index in [1.807, 2.05) is 0 Å². The number of hydrogen-bond acceptors (Lipinski definition) is 13. The smallest absolute Gasteiger partial charge is 0.338 e. The number of rotatable bonds is 8. The predicted octanol–water partition coefficient (Wildman–Crippen LogP) is 3.82. The van der Waals surface area contributed by atoms with Gasteiger partial charge in [0.15, 0.2) is 24.1 Å². The number of ketones is 1. The second-order valence-corrected chi connectivity index (χ2v) is 14.3. The Bertz CT molecular complexity index is 1550. The highest BCUT2D eigenvalue weighted by atomic mass is 16.6. The summed E-state index contributed by atoms with van der Waals surface area (Å²) in [5.41, 5.74) is -5.92. The van der Waals surface area contributed by atoms with Gasteiger partial charge in [0.05, 0.1) is 17.4 Å². The third-order valence-electron chi connectivity index (χ3n) is 9.65. The molecule has 51 heavy (non-hydrogen) atoms. The Morgan fingerprint density at radius 3 is 2.04 bits per heavy atom. The van der Waals surface area contributed by atoms with E-state index in [0.717, 1.165) is 20.8 Å². The Morgan fingerprint density at radius 2 is 1.51 bits per heavy atom. The molecule has 0 aromatic heterocycles. The summed E-state index contributed by atoms with van der Waals surface area (Å²) < 4.78 is 29.2. The summed E-state index contributed by atoms with van der Waals surface area (Å²) in [4.78, 5) is 79.4. The van der Waals surface area contributed by atoms with Crippen LogP contribution in [0.4, 0.5) is 0 Å². The number of Topliss-reactive ketones (excluding diaryl/α,β-unsaturated/α-hetero) is 1. The van der Waals surface area contributed by atoms with Crippen LogP contribution in [0.3, 0.4) is 0 Å². The minimum atomic E-state index is -2.53. The van der Waals surface area contributed by atoms with Gasteiger partial charge in [0.25, 0.3) is 0 Å². The Hall–Kier alpha value is -4.36. The largest absolute Gasteiger partial charge is 0.458 e. The van der Waals surface area contributed by atoms with Crippen LogP contribution in [0.25, 0.3) is 0 Å². The molecule has 3 rings (SSSR count). The molecule has 0 spiro atoms. The van der Waals surface area contributed by atoms with Gasteiger partial charge in [-0.25, -0.2) is 4.79 Å². The molecule has 0 bridgehead atoms. The van der Waals surface area contributed by atoms with Crippen LogP contribution in [-0.2, 0) is 47.7 Å². The summed E-state index contributed by atoms with van der Waals surface area (Å²) in [5, 5.41) is 24.5. The van der Waals surface area contributed by atoms with Gasteiger partial charge >= 0.3 is 29.8 Å². The molecule has 13 nitrogen and oxygen atoms in total. The van der Waals surface area contributed by atoms with E-state index >= 15 is 0 Å². The van der Waals surface area contributed by atoms with E-state index in [4.69, 9.17) is 23.7 Å². The third-order valence-corrected chi connectivity index (χ3v) is 9.65. The summed E-state index contributed by atoms with van der Waals surface area (Å²) in [6.07, 6.45) is -5.86. The van der Waals surface area contributed by atoms with Crippen molar-refractivity contribution in [2.75, 3.05) is 0 Å². The quantitative estimate of drug-likeness (QED) is 0.225. The standard InChI is InChI=1S/C38H50O13/c1-11-20(2)34(44)49-28-22(4)29(50-35(45)26-15-13-12-14-16-26)30(47-23(5)39)33(48-24(6)40)36(8,9)18-17-21(3)31(42)38(46)19-37(10,51-25(7)41)32(43)27(28)38/h12-18,20-21,27-30,32-33,43,46H,4,11,19H2,1-3,5-10H3. The minimum Gasteiger partial charge on any atom is -0.458 e. The number of allylic oxidation sites excluding steroid dienone is 1. The van der Waals surface area contributed by atoms with E-state index < -0.39 is 107 Å². The van der Waals surface area contributed by atoms with Crippen LogP contribution in [-0.4, -0.2) is 87.6 Å². The average Bonchev–Trinajstić information content (AvgIpc) is 3.25. The van der Waals surface area contributed by atoms with E-state index in [1.54, 1.807) is 45.9 Å². The Kier molecular flexibility index (Phi) is 12.8. The highest BCUT2D eigenvalue weighted by Gasteiger charge is 2.68. The van der Waals surface area contributed by atoms with E-state index in [1.165, 1.54) is 38.1 Å². The van der Waals surface area contributed by atoms with Crippen LogP contribution in [0.15, 0.2) is 54.6 Å². The summed E-state index contributed by atoms with van der Waals surface area (Å²) in [5.74, 6) is -8.61. The number of aliphatic hydroxyl groups excluding tert-OH is 1. The number of carbonyl (C=O) groups excluding carboxylic acids is 6. The molecule has 10 unspecified atom stereocenters. The van der Waals surface area contributed by atoms with Crippen LogP contribution in [0.5, 0.6) is 0 Å². The van der Waals surface area contributed by atoms with Crippen molar-refractivity contribution in [2.45, 2.75) is 117 Å². The predicted molar refractivity (Wildman–Crippen MR) is 182 cm³/mol. The lowest BCUT2D eigenvalue weighted by Gasteiger charge is -2.43. The molecule has 0 saturated heterocycles. The van der Waals surface area contributed by atoms with Gasteiger partial charge in [-0.2, -0.15) is 0 Å². The van der Waals surface area contributed by atoms with Gasteiger partial charge in [-0.3, -0.25) is 24.0 Å². The fraction of sp³-hybridized carbons (Fsp3) is 0.579. The first-order chi connectivity index (χ1) is 23.6. The Balaban J connectivity index is 2.47. The molecule has 1 fully saturated rings. The Labute approximate surface area is 298 Å². The molecule has 280 valence electrons. The molecule has 1 saturated carbocycles. The van der Waals surface area contributed by atoms with Crippen molar-refractivity contribution in [1.82, 2.24) is 0 Å². The first-order valence-electron chi connectivity index (χ1n) is 16.9. The van der Waals surface area contributed by atoms with Crippen LogP contribution < -0.4 is 0 Å². The maximum atomic E-state index is 14.4. The molecule has 2 aliphatic carbocycles. The van der Waals surface area contributed by atoms with Crippen LogP contribution in [0.1, 0.15) is 85.5 Å². The van der Waals surface area contributed by atoms with Crippen molar-refractivity contribution in [3.8, 4) is 0 Å². The minimum absolute atomic E-state index is 0.0678. The molecule has 0 amide bonds. The number of ether oxygens (including phenoxy) is 5. The lowest BCUT2D eigenvalue weighted by Crippen LogP contribution is -2.58. The second-order valence-electron chi connectivity index (χ2n) is 14.3. The van der Waals surface area contributed by atoms with E-state index in [9.17, 15) is 39.0 Å². The number of carbonyl (C=O) groups is 6. The molecular formula is C38H50O13. The molecular weight excluding hydrogens is 664 g/mol. The fourth-order valence-corrected chi connectivity index (χ4v) is 6.82. The van der Waals surface area contributed by atoms with Gasteiger partial charge in [0.1, 0.15) is 23.4 Å². The van der Waals surface area contributed by atoms with E-state index in [-0.39, 0.29) is 11.1 Å². The molecule has 0 aliphatic heterocycles. The van der Waals surface area contributed by atoms with Crippen LogP contribution in [0, 0.1) is 23.2 Å². The first kappa shape index (κ1) is 41.1. The number of esters is 5. The first-order valence-corrected chi connectivity index (χ1v) is 16.9. The highest BCUT2D eigenvalue weighted by molar-refractivity contribution is 5.92. The molecule has 0 heterocycles. The lowest BCUT2D eigenvalue weighted by atomic mass is 9.72. The Morgan fingerprint density at radius 1 is 0.922 bits per heavy atom. The molecule has 2 N–H and O–H groups in total. The zero-order valence-electron chi connectivity index (χ0n) is 30.7. The van der Waals surface area contributed by atoms with Crippen LogP contribution in [0.2, 0.25) is 0 Å². The number of hydrogen-bond donors (Lipinski definition) is 2. The fourth-order valence-electron chi connectivity index (χ4n) is 6.82. The van der Waals surface area contributed by atoms with Gasteiger partial charge in [-0.05, 0) is 25.5 Å². The van der Waals surface area contributed by atoms with Crippen molar-refractivity contribution in [2.24, 2.45) is 23.2 Å². The maximum Gasteiger partial charge on any atom is 0.338 e. The number of benzene rings is 1. The van der Waals surface area contributed by atoms with Crippen LogP contribution >= 0.6 is 0 Å². The van der Waals surface area contributed by atoms with Gasteiger partial charge in [-0.15, -0.1) is 0 Å². The molecule has 2 aliphatic rings. The summed E-state index contributed by atoms with van der Waals surface area (Å²) in [6.45, 7) is 16.9. The SMILES string of the molecule is C=C1C(OC(=O)c2ccccc2)C(OC(C)=O)C(OC(C)=O)C(C)(C)C=CC(C)C(=O)C2(O)CC(C)(OC(C)=O)C(O)C2C1OC(=O)C(C)CC. The summed E-state index contributed by atoms with van der Waals surface area (Å²) in [6, 6.07) is 7.76. The zero-order valence-corrected chi connectivity index (χ0v) is 30.7. The van der Waals surface area contributed by atoms with E-state index in [2.05, 4.69) is 6.58 Å². The summed E-state index contributed by atoms with van der Waals surface area (Å²) >= 11 is 0. The van der Waals surface area contributed by atoms with E-state index in [0.29, 0.717) is 6.42 Å². The molecule has 0 radical (unpaired) electrons. The van der Waals surface area contributed by atoms with Crippen molar-refractivity contribution in [3.63, 3.8) is 0 Å². The van der Waals surface area contributed by atoms with Crippen molar-refractivity contribution in [1.29, 1.82) is 0 Å². The molecule has 10 atom stereocenters. The van der Waals surface area contributed by atoms with Crippen molar-refractivity contribution < 1.29 is 62.7 Å². The molecule has 13 heteroatoms. The zero-order chi connectivity index (χ0) is 38.6. The molecule has 1 aromatic rings. The number of fused-ring (bicyclic) bond motifs is 1. The monoisotopic (exact) mass is 714 g/mol. The van der Waals surface area contributed by atoms with Gasteiger partial charge in [-0.1, -0.05) is 71.5 Å². The number of aliphatic hydroxyl groups is 2. The summed E-state index contributed by atoms with van der Waals surface area (Å²) in [7, 11) is 0. The van der Waals surface area contributed by atoms with Crippen molar-refractivity contribution >= 4 is 35.6 Å². The van der Waals surface area contributed by atoms with Gasteiger partial charge < -0.3 is 33.9 Å². The molecule has 1 aromatic carbocycles. The lowest BCUT2D eigenvalue weighted by molar-refractivity contribution is -0.186. The maximum absolute atomic E-state index is 14.4. The second kappa shape index (κ2) is 15.9. The highest BCUT2D eigenvalue weighted by Crippen LogP contribution is 2.51. The third kappa shape index (κ3) is 8.93. The van der Waals surface area contributed by atoms with Gasteiger partial charge in [0.2, 0.25) is 0 Å². The average molecular weight is 715 g/mol. The normalized spacial score (nSPS) is 32.6. The van der Waals surface area contributed by atoms with Crippen molar-refractivity contribution in [3.05, 3.63) is 60.2 Å².